The van der Waals surface area contributed by atoms with E-state index in [9.17, 15) is 4.79 Å². The lowest BCUT2D eigenvalue weighted by molar-refractivity contribution is 0.0924. The smallest absolute Gasteiger partial charge is 0.263 e. The third kappa shape index (κ3) is 2.85. The fourth-order valence-corrected chi connectivity index (χ4v) is 3.96. The second kappa shape index (κ2) is 5.97. The van der Waals surface area contributed by atoms with E-state index in [4.69, 9.17) is 5.73 Å². The number of nitrogens with one attached hydrogen (secondary N) is 1. The van der Waals surface area contributed by atoms with E-state index in [0.29, 0.717) is 26.8 Å². The van der Waals surface area contributed by atoms with Crippen molar-refractivity contribution in [3.8, 4) is 0 Å². The van der Waals surface area contributed by atoms with E-state index in [0.717, 1.165) is 0 Å². The van der Waals surface area contributed by atoms with E-state index >= 15 is 0 Å². The summed E-state index contributed by atoms with van der Waals surface area (Å²) >= 11 is 1.31. The Kier molecular flexibility index (Phi) is 4.05. The van der Waals surface area contributed by atoms with Crippen LogP contribution in [0, 0.1) is 5.92 Å². The summed E-state index contributed by atoms with van der Waals surface area (Å²) in [7, 11) is 0. The van der Waals surface area contributed by atoms with E-state index in [-0.39, 0.29) is 11.9 Å². The summed E-state index contributed by atoms with van der Waals surface area (Å²) in [5.41, 5.74) is 7.11. The van der Waals surface area contributed by atoms with Gasteiger partial charge < -0.3 is 11.1 Å². The summed E-state index contributed by atoms with van der Waals surface area (Å²) in [5.74, 6) is 0.477. The largest absolute Gasteiger partial charge is 0.396 e. The molecule has 2 aromatic rings. The van der Waals surface area contributed by atoms with Crippen molar-refractivity contribution in [2.24, 2.45) is 5.92 Å². The summed E-state index contributed by atoms with van der Waals surface area (Å²) in [6.45, 7) is 2.09. The van der Waals surface area contributed by atoms with Crippen LogP contribution in [0.2, 0.25) is 0 Å². The number of fused-ring (bicyclic) bond motifs is 1. The van der Waals surface area contributed by atoms with E-state index in [1.807, 2.05) is 0 Å². The number of hydrogen-bond donors (Lipinski definition) is 2. The van der Waals surface area contributed by atoms with Gasteiger partial charge in [-0.3, -0.25) is 4.79 Å². The third-order valence-electron chi connectivity index (χ3n) is 4.29. The summed E-state index contributed by atoms with van der Waals surface area (Å²) in [5, 5.41) is 3.10. The van der Waals surface area contributed by atoms with Gasteiger partial charge in [0.25, 0.3) is 5.91 Å². The molecular formula is C15H20N4OS. The van der Waals surface area contributed by atoms with Gasteiger partial charge in [0, 0.05) is 18.4 Å². The normalized spacial score (nSPS) is 17.8. The maximum Gasteiger partial charge on any atom is 0.263 e. The molecule has 2 heterocycles. The molecule has 21 heavy (non-hydrogen) atoms. The molecule has 1 unspecified atom stereocenters. The molecule has 1 aliphatic carbocycles. The van der Waals surface area contributed by atoms with Crippen molar-refractivity contribution < 1.29 is 4.79 Å². The minimum atomic E-state index is -0.102. The highest BCUT2D eigenvalue weighted by atomic mass is 32.1. The average molecular weight is 304 g/mol. The molecule has 1 saturated carbocycles. The first kappa shape index (κ1) is 14.3. The molecule has 6 heteroatoms. The molecule has 0 saturated heterocycles. The molecule has 1 aliphatic rings. The first-order valence-corrected chi connectivity index (χ1v) is 8.28. The predicted octanol–water partition coefficient (Wildman–Crippen LogP) is 2.97. The molecule has 0 spiro atoms. The quantitative estimate of drug-likeness (QED) is 0.913. The fourth-order valence-electron chi connectivity index (χ4n) is 3.04. The fraction of sp³-hybridized carbons (Fsp3) is 0.533. The van der Waals surface area contributed by atoms with Crippen molar-refractivity contribution in [3.05, 3.63) is 17.3 Å². The van der Waals surface area contributed by atoms with E-state index in [2.05, 4.69) is 22.2 Å². The zero-order valence-corrected chi connectivity index (χ0v) is 12.9. The summed E-state index contributed by atoms with van der Waals surface area (Å²) in [6.07, 6.45) is 9.46. The molecule has 0 aromatic carbocycles. The van der Waals surface area contributed by atoms with Gasteiger partial charge in [-0.1, -0.05) is 19.3 Å². The molecule has 3 N–H and O–H groups in total. The Morgan fingerprint density at radius 1 is 1.33 bits per heavy atom. The molecule has 0 bridgehead atoms. The van der Waals surface area contributed by atoms with Crippen LogP contribution >= 0.6 is 11.3 Å². The zero-order chi connectivity index (χ0) is 14.8. The Morgan fingerprint density at radius 3 is 2.76 bits per heavy atom. The minimum Gasteiger partial charge on any atom is -0.396 e. The number of carbonyl (C=O) groups is 1. The number of thiophene rings is 1. The van der Waals surface area contributed by atoms with Crippen molar-refractivity contribution in [1.29, 1.82) is 0 Å². The van der Waals surface area contributed by atoms with Gasteiger partial charge in [0.2, 0.25) is 0 Å². The molecule has 1 fully saturated rings. The Morgan fingerprint density at radius 2 is 2.05 bits per heavy atom. The molecule has 2 aromatic heterocycles. The number of nitrogens with two attached hydrogens (primary N) is 1. The van der Waals surface area contributed by atoms with Crippen molar-refractivity contribution in [2.75, 3.05) is 5.73 Å². The molecule has 112 valence electrons. The maximum absolute atomic E-state index is 12.5. The van der Waals surface area contributed by atoms with Crippen LogP contribution in [0.5, 0.6) is 0 Å². The number of carbonyl (C=O) groups excluding carboxylic acids is 1. The number of rotatable bonds is 3. The molecule has 3 rings (SSSR count). The second-order valence-electron chi connectivity index (χ2n) is 5.72. The molecule has 1 amide bonds. The monoisotopic (exact) mass is 304 g/mol. The van der Waals surface area contributed by atoms with Crippen LogP contribution < -0.4 is 11.1 Å². The van der Waals surface area contributed by atoms with Gasteiger partial charge in [-0.15, -0.1) is 11.3 Å². The SMILES string of the molecule is CC(NC(=O)c1sc2nccnc2c1N)C1CCCCC1. The van der Waals surface area contributed by atoms with E-state index < -0.39 is 0 Å². The highest BCUT2D eigenvalue weighted by molar-refractivity contribution is 7.21. The molecule has 1 atom stereocenters. The Bertz CT molecular complexity index is 648. The van der Waals surface area contributed by atoms with Gasteiger partial charge in [0.1, 0.15) is 15.2 Å². The van der Waals surface area contributed by atoms with Gasteiger partial charge >= 0.3 is 0 Å². The van der Waals surface area contributed by atoms with Crippen LogP contribution in [0.15, 0.2) is 12.4 Å². The van der Waals surface area contributed by atoms with Gasteiger partial charge in [-0.05, 0) is 25.7 Å². The van der Waals surface area contributed by atoms with Gasteiger partial charge in [0.15, 0.2) is 0 Å². The topological polar surface area (TPSA) is 80.9 Å². The Balaban J connectivity index is 1.75. The van der Waals surface area contributed by atoms with E-state index in [1.165, 1.54) is 43.4 Å². The lowest BCUT2D eigenvalue weighted by Crippen LogP contribution is -2.38. The number of amides is 1. The van der Waals surface area contributed by atoms with Crippen LogP contribution in [-0.4, -0.2) is 21.9 Å². The lowest BCUT2D eigenvalue weighted by atomic mass is 9.84. The van der Waals surface area contributed by atoms with Crippen molar-refractivity contribution in [1.82, 2.24) is 15.3 Å². The standard InChI is InChI=1S/C15H20N4OS/c1-9(10-5-3-2-4-6-10)19-14(20)13-11(16)12-15(21-13)18-8-7-17-12/h7-10H,2-6,16H2,1H3,(H,19,20). The van der Waals surface area contributed by atoms with Crippen LogP contribution in [0.4, 0.5) is 5.69 Å². The maximum atomic E-state index is 12.5. The summed E-state index contributed by atoms with van der Waals surface area (Å²) in [4.78, 5) is 22.1. The van der Waals surface area contributed by atoms with Crippen LogP contribution in [0.3, 0.4) is 0 Å². The number of aromatic nitrogens is 2. The number of hydrogen-bond acceptors (Lipinski definition) is 5. The number of anilines is 1. The molecule has 0 aliphatic heterocycles. The number of nitrogen functional groups attached to an aromatic ring is 1. The van der Waals surface area contributed by atoms with Gasteiger partial charge in [-0.25, -0.2) is 9.97 Å². The third-order valence-corrected chi connectivity index (χ3v) is 5.39. The van der Waals surface area contributed by atoms with Crippen LogP contribution in [-0.2, 0) is 0 Å². The van der Waals surface area contributed by atoms with Crippen LogP contribution in [0.1, 0.15) is 48.7 Å². The van der Waals surface area contributed by atoms with Gasteiger partial charge in [0.05, 0.1) is 5.69 Å². The summed E-state index contributed by atoms with van der Waals surface area (Å²) in [6, 6.07) is 0.184. The Hall–Kier alpha value is -1.69. The lowest BCUT2D eigenvalue weighted by Gasteiger charge is -2.28. The summed E-state index contributed by atoms with van der Waals surface area (Å²) < 4.78 is 0. The average Bonchev–Trinajstić information content (AvgIpc) is 2.86. The first-order valence-electron chi connectivity index (χ1n) is 7.46. The Labute approximate surface area is 128 Å². The molecule has 0 radical (unpaired) electrons. The van der Waals surface area contributed by atoms with Crippen molar-refractivity contribution in [3.63, 3.8) is 0 Å². The highest BCUT2D eigenvalue weighted by Crippen LogP contribution is 2.31. The highest BCUT2D eigenvalue weighted by Gasteiger charge is 2.24. The van der Waals surface area contributed by atoms with Gasteiger partial charge in [-0.2, -0.15) is 0 Å². The minimum absolute atomic E-state index is 0.102. The molecular weight excluding hydrogens is 284 g/mol. The zero-order valence-electron chi connectivity index (χ0n) is 12.1. The van der Waals surface area contributed by atoms with E-state index in [1.54, 1.807) is 12.4 Å². The molecule has 5 nitrogen and oxygen atoms in total. The number of nitrogens with zero attached hydrogens (tertiary/aromatic N) is 2. The van der Waals surface area contributed by atoms with Crippen molar-refractivity contribution in [2.45, 2.75) is 45.1 Å². The van der Waals surface area contributed by atoms with Crippen LogP contribution in [0.25, 0.3) is 10.3 Å². The predicted molar refractivity (Wildman–Crippen MR) is 85.3 cm³/mol. The first-order chi connectivity index (χ1) is 10.2. The second-order valence-corrected chi connectivity index (χ2v) is 6.71. The van der Waals surface area contributed by atoms with Crippen molar-refractivity contribution >= 4 is 33.3 Å².